The van der Waals surface area contributed by atoms with Crippen LogP contribution in [-0.2, 0) is 0 Å². The molecule has 1 saturated heterocycles. The van der Waals surface area contributed by atoms with Crippen molar-refractivity contribution in [2.24, 2.45) is 11.3 Å². The van der Waals surface area contributed by atoms with Gasteiger partial charge in [0.2, 0.25) is 5.91 Å². The zero-order valence-corrected chi connectivity index (χ0v) is 12.0. The fourth-order valence-electron chi connectivity index (χ4n) is 4.21. The summed E-state index contributed by atoms with van der Waals surface area (Å²) in [7, 11) is 0. The van der Waals surface area contributed by atoms with Crippen LogP contribution in [0.25, 0.3) is 0 Å². The average molecular weight is 289 g/mol. The monoisotopic (exact) mass is 289 g/mol. The number of hydrogen-bond acceptors (Lipinski definition) is 5. The van der Waals surface area contributed by atoms with Gasteiger partial charge in [-0.15, -0.1) is 0 Å². The molecule has 1 aliphatic heterocycles. The number of rotatable bonds is 4. The molecule has 3 aliphatic rings. The molecule has 2 saturated carbocycles. The van der Waals surface area contributed by atoms with Gasteiger partial charge in [-0.2, -0.15) is 0 Å². The summed E-state index contributed by atoms with van der Waals surface area (Å²) >= 11 is 0. The van der Waals surface area contributed by atoms with Crippen LogP contribution in [0.5, 0.6) is 0 Å². The molecule has 1 spiro atoms. The molecule has 116 valence electrons. The van der Waals surface area contributed by atoms with Crippen molar-refractivity contribution in [3.63, 3.8) is 0 Å². The number of halogens is 1. The second-order valence-corrected chi connectivity index (χ2v) is 6.97. The van der Waals surface area contributed by atoms with Crippen molar-refractivity contribution in [2.75, 3.05) is 6.54 Å². The molecular weight excluding hydrogens is 265 g/mol. The van der Waals surface area contributed by atoms with Gasteiger partial charge in [0, 0.05) is 13.0 Å². The Hall–Kier alpha value is -0.270. The van der Waals surface area contributed by atoms with E-state index in [1.165, 1.54) is 4.90 Å². The van der Waals surface area contributed by atoms with E-state index in [9.17, 15) is 24.8 Å². The number of hydrogen-bond donors (Lipinski definition) is 4. The number of aliphatic hydroxyl groups is 4. The van der Waals surface area contributed by atoms with Crippen LogP contribution in [0.15, 0.2) is 0 Å². The number of likely N-dealkylation sites (tertiary alicyclic amines) is 1. The predicted octanol–water partition coefficient (Wildman–Crippen LogP) is 0.318. The highest BCUT2D eigenvalue weighted by Crippen LogP contribution is 2.67. The second-order valence-electron chi connectivity index (χ2n) is 6.97. The van der Waals surface area contributed by atoms with Gasteiger partial charge in [0.15, 0.2) is 5.79 Å². The summed E-state index contributed by atoms with van der Waals surface area (Å²) in [5.41, 5.74) is -1.47. The molecule has 2 unspecified atom stereocenters. The Morgan fingerprint density at radius 3 is 2.15 bits per heavy atom. The minimum atomic E-state index is -2.31. The zero-order chi connectivity index (χ0) is 15.0. The lowest BCUT2D eigenvalue weighted by Crippen LogP contribution is -2.70. The van der Waals surface area contributed by atoms with Crippen molar-refractivity contribution in [3.05, 3.63) is 0 Å². The normalized spacial score (nSPS) is 40.4. The lowest BCUT2D eigenvalue weighted by Gasteiger charge is -2.52. The molecule has 20 heavy (non-hydrogen) atoms. The van der Waals surface area contributed by atoms with Gasteiger partial charge in [-0.1, -0.05) is 6.92 Å². The van der Waals surface area contributed by atoms with Crippen LogP contribution in [-0.4, -0.2) is 55.3 Å². The Morgan fingerprint density at radius 2 is 1.75 bits per heavy atom. The van der Waals surface area contributed by atoms with Crippen LogP contribution in [0.3, 0.4) is 0 Å². The Balaban J connectivity index is 1.99. The van der Waals surface area contributed by atoms with Crippen molar-refractivity contribution < 1.29 is 24.8 Å². The van der Waals surface area contributed by atoms with Gasteiger partial charge in [-0.3, -0.25) is 0 Å². The summed E-state index contributed by atoms with van der Waals surface area (Å²) in [5, 5.41) is 41.7. The van der Waals surface area contributed by atoms with Gasteiger partial charge in [-0.25, -0.2) is 9.29 Å². The fourth-order valence-corrected chi connectivity index (χ4v) is 4.21. The molecule has 0 aromatic heterocycles. The van der Waals surface area contributed by atoms with Gasteiger partial charge in [-0.05, 0) is 38.0 Å². The van der Waals surface area contributed by atoms with E-state index in [1.54, 1.807) is 13.8 Å². The Kier molecular flexibility index (Phi) is 2.88. The first-order valence-corrected chi connectivity index (χ1v) is 7.44. The van der Waals surface area contributed by atoms with E-state index < -0.39 is 29.3 Å². The highest BCUT2D eigenvalue weighted by molar-refractivity contribution is 5.22. The molecule has 3 rings (SSSR count). The van der Waals surface area contributed by atoms with E-state index in [0.717, 1.165) is 12.8 Å². The first-order chi connectivity index (χ1) is 9.12. The van der Waals surface area contributed by atoms with Crippen LogP contribution < -0.4 is 0 Å². The van der Waals surface area contributed by atoms with Crippen LogP contribution in [0.2, 0.25) is 0 Å². The number of nitrogens with zero attached hydrogens (tertiary/aromatic N) is 1. The predicted molar refractivity (Wildman–Crippen MR) is 69.0 cm³/mol. The van der Waals surface area contributed by atoms with Crippen molar-refractivity contribution in [1.82, 2.24) is 4.90 Å². The third-order valence-electron chi connectivity index (χ3n) is 6.12. The van der Waals surface area contributed by atoms with E-state index in [2.05, 4.69) is 0 Å². The largest absolute Gasteiger partial charge is 0.364 e. The molecule has 6 heteroatoms. The van der Waals surface area contributed by atoms with Crippen molar-refractivity contribution in [2.45, 2.75) is 69.4 Å². The molecule has 0 bridgehead atoms. The van der Waals surface area contributed by atoms with E-state index >= 15 is 0 Å². The fraction of sp³-hybridized carbons (Fsp3) is 1.00. The molecular formula is C14H24FNO4. The third-order valence-corrected chi connectivity index (χ3v) is 6.12. The summed E-state index contributed by atoms with van der Waals surface area (Å²) in [6, 6.07) is 0. The summed E-state index contributed by atoms with van der Waals surface area (Å²) in [4.78, 5) is 1.33. The average Bonchev–Trinajstić information content (AvgIpc) is 3.24. The SMILES string of the molecule is CCC(O)(O)[C@]1(C)N(C(O)(O)C2CC2F)CCC12CC2. The van der Waals surface area contributed by atoms with Gasteiger partial charge in [0.1, 0.15) is 6.17 Å². The second kappa shape index (κ2) is 3.93. The first kappa shape index (κ1) is 14.7. The van der Waals surface area contributed by atoms with Gasteiger partial charge >= 0.3 is 0 Å². The molecule has 3 fully saturated rings. The van der Waals surface area contributed by atoms with Crippen LogP contribution in [0, 0.1) is 11.3 Å². The third kappa shape index (κ3) is 1.60. The lowest BCUT2D eigenvalue weighted by molar-refractivity contribution is -0.349. The van der Waals surface area contributed by atoms with Gasteiger partial charge in [0.05, 0.1) is 11.5 Å². The van der Waals surface area contributed by atoms with Crippen LogP contribution in [0.4, 0.5) is 4.39 Å². The maximum Gasteiger partial charge on any atom is 0.231 e. The summed E-state index contributed by atoms with van der Waals surface area (Å²) in [6.45, 7) is 3.67. The van der Waals surface area contributed by atoms with E-state index in [4.69, 9.17) is 0 Å². The Bertz CT molecular complexity index is 423. The van der Waals surface area contributed by atoms with E-state index in [1.807, 2.05) is 0 Å². The number of alkyl halides is 1. The maximum atomic E-state index is 13.3. The summed E-state index contributed by atoms with van der Waals surface area (Å²) in [6.07, 6.45) is 1.33. The minimum absolute atomic E-state index is 0.0849. The van der Waals surface area contributed by atoms with Gasteiger partial charge < -0.3 is 20.4 Å². The zero-order valence-electron chi connectivity index (χ0n) is 12.0. The molecule has 5 nitrogen and oxygen atoms in total. The molecule has 2 aliphatic carbocycles. The summed E-state index contributed by atoms with van der Waals surface area (Å²) in [5.74, 6) is -5.20. The van der Waals surface area contributed by atoms with Gasteiger partial charge in [0.25, 0.3) is 0 Å². The summed E-state index contributed by atoms with van der Waals surface area (Å²) < 4.78 is 13.3. The Labute approximate surface area is 118 Å². The van der Waals surface area contributed by atoms with Crippen molar-refractivity contribution >= 4 is 0 Å². The van der Waals surface area contributed by atoms with Crippen LogP contribution >= 0.6 is 0 Å². The molecule has 3 atom stereocenters. The quantitative estimate of drug-likeness (QED) is 0.560. The molecule has 0 aromatic carbocycles. The Morgan fingerprint density at radius 1 is 1.20 bits per heavy atom. The standard InChI is InChI=1S/C14H24FNO4/c1-3-13(17,18)11(2)12(4-5-12)6-7-16(11)14(19,20)9-8-10(9)15/h9-10,17-20H,3-8H2,1-2H3/t9?,10?,11-/m1/s1. The molecule has 1 heterocycles. The van der Waals surface area contributed by atoms with E-state index in [-0.39, 0.29) is 18.3 Å². The smallest absolute Gasteiger partial charge is 0.231 e. The highest BCUT2D eigenvalue weighted by Gasteiger charge is 2.74. The first-order valence-electron chi connectivity index (χ1n) is 7.44. The maximum absolute atomic E-state index is 13.3. The molecule has 0 radical (unpaired) electrons. The highest BCUT2D eigenvalue weighted by atomic mass is 19.1. The molecule has 4 N–H and O–H groups in total. The van der Waals surface area contributed by atoms with Crippen molar-refractivity contribution in [3.8, 4) is 0 Å². The molecule has 0 amide bonds. The molecule has 0 aromatic rings. The van der Waals surface area contributed by atoms with Crippen molar-refractivity contribution in [1.29, 1.82) is 0 Å². The lowest BCUT2D eigenvalue weighted by atomic mass is 9.74. The van der Waals surface area contributed by atoms with E-state index in [0.29, 0.717) is 13.0 Å². The minimum Gasteiger partial charge on any atom is -0.364 e. The van der Waals surface area contributed by atoms with Crippen LogP contribution in [0.1, 0.15) is 46.0 Å². The topological polar surface area (TPSA) is 84.2 Å².